The van der Waals surface area contributed by atoms with E-state index in [1.165, 1.54) is 7.11 Å². The highest BCUT2D eigenvalue weighted by Gasteiger charge is 2.33. The molecule has 29 heavy (non-hydrogen) atoms. The monoisotopic (exact) mass is 460 g/mol. The largest absolute Gasteiger partial charge is 0.477 e. The number of rotatable bonds is 6. The van der Waals surface area contributed by atoms with E-state index < -0.39 is 11.9 Å². The van der Waals surface area contributed by atoms with Gasteiger partial charge in [-0.05, 0) is 13.3 Å². The summed E-state index contributed by atoms with van der Waals surface area (Å²) in [5, 5.41) is 13.0. The van der Waals surface area contributed by atoms with Crippen molar-refractivity contribution in [2.24, 2.45) is 0 Å². The molecule has 0 bridgehead atoms. The molecule has 1 amide bonds. The van der Waals surface area contributed by atoms with Gasteiger partial charge in [-0.25, -0.2) is 9.78 Å². The fraction of sp³-hybridized carbons (Fsp3) is 0.412. The second-order valence-corrected chi connectivity index (χ2v) is 8.21. The van der Waals surface area contributed by atoms with Gasteiger partial charge in [-0.2, -0.15) is 0 Å². The van der Waals surface area contributed by atoms with E-state index >= 15 is 0 Å². The van der Waals surface area contributed by atoms with Crippen LogP contribution in [0.1, 0.15) is 42.8 Å². The molecule has 1 aliphatic rings. The van der Waals surface area contributed by atoms with Crippen LogP contribution in [0.3, 0.4) is 0 Å². The lowest BCUT2D eigenvalue weighted by atomic mass is 10.0. The number of carboxylic acids is 1. The molecular formula is C17H18Cl2N4O5S. The number of halogens is 2. The van der Waals surface area contributed by atoms with Crippen LogP contribution in [-0.4, -0.2) is 65.6 Å². The van der Waals surface area contributed by atoms with Crippen molar-refractivity contribution in [3.05, 3.63) is 32.0 Å². The molecular weight excluding hydrogens is 443 g/mol. The molecule has 156 valence electrons. The van der Waals surface area contributed by atoms with Crippen molar-refractivity contribution < 1.29 is 24.2 Å². The highest BCUT2D eigenvalue weighted by Crippen LogP contribution is 2.31. The minimum Gasteiger partial charge on any atom is -0.477 e. The number of aromatic nitrogens is 2. The van der Waals surface area contributed by atoms with Crippen LogP contribution in [0.25, 0.3) is 0 Å². The van der Waals surface area contributed by atoms with Crippen LogP contribution in [0.2, 0.25) is 10.0 Å². The standard InChI is InChI=1S/C17H18Cl2N4O5S/c1-7-11(18)12(19)13(20-7)15(25)21-8-3-4-23(5-10(8)28-2)17-22-9(6-24)14(29-17)16(26)27/h6,8,10,20H,3-5H2,1-2H3,(H,21,25)(H,26,27). The Labute approximate surface area is 180 Å². The minimum atomic E-state index is -1.20. The van der Waals surface area contributed by atoms with Crippen molar-refractivity contribution in [2.75, 3.05) is 25.1 Å². The lowest BCUT2D eigenvalue weighted by molar-refractivity contribution is 0.0540. The van der Waals surface area contributed by atoms with E-state index in [4.69, 9.17) is 27.9 Å². The normalized spacial score (nSPS) is 19.2. The Balaban J connectivity index is 1.73. The number of amides is 1. The number of aldehydes is 1. The molecule has 9 nitrogen and oxygen atoms in total. The van der Waals surface area contributed by atoms with Gasteiger partial charge in [0.15, 0.2) is 11.4 Å². The fourth-order valence-electron chi connectivity index (χ4n) is 3.15. The van der Waals surface area contributed by atoms with E-state index in [-0.39, 0.29) is 33.4 Å². The maximum absolute atomic E-state index is 12.6. The van der Waals surface area contributed by atoms with Gasteiger partial charge in [0.25, 0.3) is 5.91 Å². The topological polar surface area (TPSA) is 125 Å². The number of piperidine rings is 1. The van der Waals surface area contributed by atoms with Gasteiger partial charge < -0.3 is 25.0 Å². The minimum absolute atomic E-state index is 0.101. The summed E-state index contributed by atoms with van der Waals surface area (Å²) in [5.41, 5.74) is 0.688. The van der Waals surface area contributed by atoms with Gasteiger partial charge >= 0.3 is 5.97 Å². The lowest BCUT2D eigenvalue weighted by Crippen LogP contribution is -2.55. The van der Waals surface area contributed by atoms with E-state index in [2.05, 4.69) is 15.3 Å². The predicted octanol–water partition coefficient (Wildman–Crippen LogP) is 2.62. The van der Waals surface area contributed by atoms with Crippen molar-refractivity contribution in [3.8, 4) is 0 Å². The molecule has 3 N–H and O–H groups in total. The molecule has 0 spiro atoms. The molecule has 12 heteroatoms. The summed E-state index contributed by atoms with van der Waals surface area (Å²) in [4.78, 5) is 43.7. The number of aryl methyl sites for hydroxylation is 1. The number of hydrogen-bond donors (Lipinski definition) is 3. The first-order valence-corrected chi connectivity index (χ1v) is 10.2. The summed E-state index contributed by atoms with van der Waals surface area (Å²) >= 11 is 13.1. The Morgan fingerprint density at radius 3 is 2.66 bits per heavy atom. The quantitative estimate of drug-likeness (QED) is 0.565. The van der Waals surface area contributed by atoms with Crippen molar-refractivity contribution in [1.29, 1.82) is 0 Å². The van der Waals surface area contributed by atoms with E-state index in [1.807, 2.05) is 4.90 Å². The Hall–Kier alpha value is -2.14. The Morgan fingerprint density at radius 1 is 1.41 bits per heavy atom. The molecule has 1 aliphatic heterocycles. The fourth-order valence-corrected chi connectivity index (χ4v) is 4.48. The molecule has 3 rings (SSSR count). The number of aromatic carboxylic acids is 1. The number of carbonyl (C=O) groups excluding carboxylic acids is 2. The zero-order valence-electron chi connectivity index (χ0n) is 15.5. The molecule has 1 saturated heterocycles. The first-order valence-electron chi connectivity index (χ1n) is 8.58. The first kappa shape index (κ1) is 21.6. The van der Waals surface area contributed by atoms with Crippen LogP contribution in [-0.2, 0) is 4.74 Å². The highest BCUT2D eigenvalue weighted by molar-refractivity contribution is 7.17. The number of nitrogens with zero attached hydrogens (tertiary/aromatic N) is 2. The Bertz CT molecular complexity index is 960. The van der Waals surface area contributed by atoms with Gasteiger partial charge in [-0.1, -0.05) is 34.5 Å². The number of ether oxygens (including phenoxy) is 1. The molecule has 3 heterocycles. The average molecular weight is 461 g/mol. The summed E-state index contributed by atoms with van der Waals surface area (Å²) in [5.74, 6) is -1.59. The third-order valence-electron chi connectivity index (χ3n) is 4.68. The van der Waals surface area contributed by atoms with Crippen molar-refractivity contribution in [3.63, 3.8) is 0 Å². The molecule has 0 radical (unpaired) electrons. The molecule has 2 aromatic heterocycles. The van der Waals surface area contributed by atoms with Gasteiger partial charge in [0, 0.05) is 25.9 Å². The third kappa shape index (κ3) is 4.25. The number of anilines is 1. The second kappa shape index (κ2) is 8.70. The molecule has 0 aromatic carbocycles. The number of hydrogen-bond acceptors (Lipinski definition) is 7. The number of nitrogens with one attached hydrogen (secondary N) is 2. The zero-order chi connectivity index (χ0) is 21.3. The zero-order valence-corrected chi connectivity index (χ0v) is 17.8. The highest BCUT2D eigenvalue weighted by atomic mass is 35.5. The third-order valence-corrected chi connectivity index (χ3v) is 6.74. The number of methoxy groups -OCH3 is 1. The van der Waals surface area contributed by atoms with Gasteiger partial charge in [0.1, 0.15) is 16.3 Å². The predicted molar refractivity (Wildman–Crippen MR) is 109 cm³/mol. The van der Waals surface area contributed by atoms with Crippen LogP contribution in [0.4, 0.5) is 5.13 Å². The first-order chi connectivity index (χ1) is 13.8. The summed E-state index contributed by atoms with van der Waals surface area (Å²) in [6.45, 7) is 2.58. The molecule has 0 saturated carbocycles. The maximum Gasteiger partial charge on any atom is 0.348 e. The molecule has 2 atom stereocenters. The number of carboxylic acid groups (broad SMARTS) is 1. The van der Waals surface area contributed by atoms with Crippen molar-refractivity contribution in [2.45, 2.75) is 25.5 Å². The van der Waals surface area contributed by atoms with Crippen LogP contribution in [0.15, 0.2) is 0 Å². The SMILES string of the molecule is COC1CN(c2nc(C=O)c(C(=O)O)s2)CCC1NC(=O)c1[nH]c(C)c(Cl)c1Cl. The van der Waals surface area contributed by atoms with Gasteiger partial charge in [0.05, 0.1) is 22.2 Å². The second-order valence-electron chi connectivity index (χ2n) is 6.48. The van der Waals surface area contributed by atoms with Crippen LogP contribution in [0.5, 0.6) is 0 Å². The Morgan fingerprint density at radius 2 is 2.14 bits per heavy atom. The lowest BCUT2D eigenvalue weighted by Gasteiger charge is -2.37. The summed E-state index contributed by atoms with van der Waals surface area (Å²) in [7, 11) is 1.53. The van der Waals surface area contributed by atoms with E-state index in [0.717, 1.165) is 11.3 Å². The van der Waals surface area contributed by atoms with Gasteiger partial charge in [0.2, 0.25) is 0 Å². The van der Waals surface area contributed by atoms with Crippen molar-refractivity contribution >= 4 is 57.8 Å². The Kier molecular flexibility index (Phi) is 6.47. The van der Waals surface area contributed by atoms with Gasteiger partial charge in [-0.3, -0.25) is 9.59 Å². The number of carbonyl (C=O) groups is 3. The molecule has 2 unspecified atom stereocenters. The molecule has 0 aliphatic carbocycles. The van der Waals surface area contributed by atoms with Crippen molar-refractivity contribution in [1.82, 2.24) is 15.3 Å². The summed E-state index contributed by atoms with van der Waals surface area (Å²) in [6, 6.07) is -0.299. The molecule has 1 fully saturated rings. The van der Waals surface area contributed by atoms with E-state index in [9.17, 15) is 19.5 Å². The van der Waals surface area contributed by atoms with Crippen LogP contribution < -0.4 is 10.2 Å². The van der Waals surface area contributed by atoms with Crippen LogP contribution >= 0.6 is 34.5 Å². The average Bonchev–Trinajstić information content (AvgIpc) is 3.25. The van der Waals surface area contributed by atoms with Gasteiger partial charge in [-0.15, -0.1) is 0 Å². The van der Waals surface area contributed by atoms with E-state index in [1.54, 1.807) is 6.92 Å². The van der Waals surface area contributed by atoms with E-state index in [0.29, 0.717) is 41.6 Å². The number of aromatic amines is 1. The maximum atomic E-state index is 12.6. The number of thiazole rings is 1. The summed E-state index contributed by atoms with van der Waals surface area (Å²) in [6.07, 6.45) is 0.570. The smallest absolute Gasteiger partial charge is 0.348 e. The number of H-pyrrole nitrogens is 1. The molecule has 2 aromatic rings. The van der Waals surface area contributed by atoms with Crippen LogP contribution in [0, 0.1) is 6.92 Å². The summed E-state index contributed by atoms with van der Waals surface area (Å²) < 4.78 is 5.53.